The van der Waals surface area contributed by atoms with Crippen LogP contribution in [0.25, 0.3) is 22.3 Å². The minimum absolute atomic E-state index is 0.0256. The second-order valence-corrected chi connectivity index (χ2v) is 7.61. The van der Waals surface area contributed by atoms with Crippen molar-refractivity contribution >= 4 is 22.5 Å². The molecular weight excluding hydrogens is 372 g/mol. The first-order valence-electron chi connectivity index (χ1n) is 9.33. The minimum atomic E-state index is -0.0256. The van der Waals surface area contributed by atoms with Gasteiger partial charge in [0.25, 0.3) is 5.56 Å². The number of fused-ring (bicyclic) bond motifs is 2. The van der Waals surface area contributed by atoms with Gasteiger partial charge in [-0.15, -0.1) is 0 Å². The molecule has 2 aromatic carbocycles. The maximum atomic E-state index is 12.6. The van der Waals surface area contributed by atoms with Crippen LogP contribution in [0.5, 0.6) is 0 Å². The Morgan fingerprint density at radius 1 is 1.14 bits per heavy atom. The third-order valence-electron chi connectivity index (χ3n) is 5.32. The Bertz CT molecular complexity index is 1210. The minimum Gasteiger partial charge on any atom is -0.361 e. The summed E-state index contributed by atoms with van der Waals surface area (Å²) in [5, 5.41) is 1.88. The highest BCUT2D eigenvalue weighted by atomic mass is 35.5. The molecule has 1 aliphatic heterocycles. The maximum absolute atomic E-state index is 12.6. The van der Waals surface area contributed by atoms with Crippen LogP contribution in [0.2, 0.25) is 5.02 Å². The monoisotopic (exact) mass is 390 g/mol. The van der Waals surface area contributed by atoms with Gasteiger partial charge in [-0.05, 0) is 30.2 Å². The molecule has 0 saturated heterocycles. The van der Waals surface area contributed by atoms with E-state index in [2.05, 4.69) is 14.9 Å². The summed E-state index contributed by atoms with van der Waals surface area (Å²) in [5.41, 5.74) is 4.85. The van der Waals surface area contributed by atoms with E-state index in [0.29, 0.717) is 18.8 Å². The molecular formula is C22H19ClN4O. The summed E-state index contributed by atoms with van der Waals surface area (Å²) in [6.45, 7) is 2.27. The zero-order valence-corrected chi connectivity index (χ0v) is 16.0. The number of benzene rings is 2. The van der Waals surface area contributed by atoms with E-state index in [1.807, 2.05) is 54.7 Å². The molecule has 0 saturated carbocycles. The fraction of sp³-hybridized carbons (Fsp3) is 0.182. The van der Waals surface area contributed by atoms with E-state index >= 15 is 0 Å². The van der Waals surface area contributed by atoms with Crippen molar-refractivity contribution in [2.45, 2.75) is 19.5 Å². The number of H-pyrrole nitrogens is 2. The fourth-order valence-corrected chi connectivity index (χ4v) is 4.06. The van der Waals surface area contributed by atoms with Gasteiger partial charge in [0, 0.05) is 52.9 Å². The van der Waals surface area contributed by atoms with Crippen LogP contribution in [-0.4, -0.2) is 26.4 Å². The van der Waals surface area contributed by atoms with Crippen LogP contribution in [0.1, 0.15) is 16.8 Å². The molecule has 5 nitrogen and oxygen atoms in total. The van der Waals surface area contributed by atoms with Crippen LogP contribution in [0.15, 0.2) is 59.5 Å². The molecule has 2 aromatic heterocycles. The lowest BCUT2D eigenvalue weighted by atomic mass is 10.0. The van der Waals surface area contributed by atoms with Crippen LogP contribution < -0.4 is 5.56 Å². The van der Waals surface area contributed by atoms with E-state index in [-0.39, 0.29) is 5.56 Å². The predicted octanol–water partition coefficient (Wildman–Crippen LogP) is 4.13. The molecule has 3 heterocycles. The van der Waals surface area contributed by atoms with Crippen molar-refractivity contribution in [3.8, 4) is 11.4 Å². The number of aromatic amines is 2. The van der Waals surface area contributed by atoms with E-state index in [1.54, 1.807) is 0 Å². The van der Waals surface area contributed by atoms with Gasteiger partial charge < -0.3 is 9.97 Å². The SMILES string of the molecule is O=c1[nH]c(-c2ccccc2)nc2c1CCN(Cc1c[nH]c3ccc(Cl)cc13)C2. The molecule has 6 heteroatoms. The molecule has 0 spiro atoms. The van der Waals surface area contributed by atoms with Crippen molar-refractivity contribution < 1.29 is 0 Å². The van der Waals surface area contributed by atoms with Gasteiger partial charge in [-0.3, -0.25) is 9.69 Å². The molecule has 4 aromatic rings. The highest BCUT2D eigenvalue weighted by Crippen LogP contribution is 2.25. The largest absolute Gasteiger partial charge is 0.361 e. The van der Waals surface area contributed by atoms with Gasteiger partial charge in [0.1, 0.15) is 5.82 Å². The topological polar surface area (TPSA) is 64.8 Å². The molecule has 0 amide bonds. The summed E-state index contributed by atoms with van der Waals surface area (Å²) in [6.07, 6.45) is 2.74. The first-order valence-corrected chi connectivity index (χ1v) is 9.70. The van der Waals surface area contributed by atoms with Crippen LogP contribution in [0.3, 0.4) is 0 Å². The van der Waals surface area contributed by atoms with E-state index in [4.69, 9.17) is 16.6 Å². The normalized spacial score (nSPS) is 14.3. The highest BCUT2D eigenvalue weighted by molar-refractivity contribution is 6.31. The molecule has 0 radical (unpaired) electrons. The number of rotatable bonds is 3. The molecule has 5 rings (SSSR count). The Labute approximate surface area is 167 Å². The molecule has 0 unspecified atom stereocenters. The first-order chi connectivity index (χ1) is 13.7. The number of nitrogens with zero attached hydrogens (tertiary/aromatic N) is 2. The average molecular weight is 391 g/mol. The average Bonchev–Trinajstić information content (AvgIpc) is 3.10. The first kappa shape index (κ1) is 17.2. The standard InChI is InChI=1S/C22H19ClN4O/c23-16-6-7-19-18(10-16)15(11-24-19)12-27-9-8-17-20(13-27)25-21(26-22(17)28)14-4-2-1-3-5-14/h1-7,10-11,24H,8-9,12-13H2,(H,25,26,28). The van der Waals surface area contributed by atoms with Crippen molar-refractivity contribution in [1.82, 2.24) is 19.9 Å². The lowest BCUT2D eigenvalue weighted by molar-refractivity contribution is 0.241. The third-order valence-corrected chi connectivity index (χ3v) is 5.56. The van der Waals surface area contributed by atoms with E-state index < -0.39 is 0 Å². The molecule has 1 aliphatic rings. The van der Waals surface area contributed by atoms with E-state index in [1.165, 1.54) is 5.56 Å². The van der Waals surface area contributed by atoms with Crippen molar-refractivity contribution in [3.63, 3.8) is 0 Å². The van der Waals surface area contributed by atoms with Crippen LogP contribution in [0, 0.1) is 0 Å². The second kappa shape index (κ2) is 6.93. The molecule has 28 heavy (non-hydrogen) atoms. The summed E-state index contributed by atoms with van der Waals surface area (Å²) < 4.78 is 0. The van der Waals surface area contributed by atoms with Gasteiger partial charge >= 0.3 is 0 Å². The molecule has 0 bridgehead atoms. The number of hydrogen-bond donors (Lipinski definition) is 2. The number of hydrogen-bond acceptors (Lipinski definition) is 3. The molecule has 0 fully saturated rings. The summed E-state index contributed by atoms with van der Waals surface area (Å²) >= 11 is 6.17. The summed E-state index contributed by atoms with van der Waals surface area (Å²) in [7, 11) is 0. The van der Waals surface area contributed by atoms with Crippen LogP contribution >= 0.6 is 11.6 Å². The Balaban J connectivity index is 1.45. The van der Waals surface area contributed by atoms with Crippen LogP contribution in [0.4, 0.5) is 0 Å². The van der Waals surface area contributed by atoms with E-state index in [9.17, 15) is 4.79 Å². The Hall–Kier alpha value is -2.89. The van der Waals surface area contributed by atoms with Gasteiger partial charge in [-0.1, -0.05) is 41.9 Å². The van der Waals surface area contributed by atoms with Crippen molar-refractivity contribution in [3.05, 3.63) is 86.9 Å². The van der Waals surface area contributed by atoms with Gasteiger partial charge in [0.15, 0.2) is 0 Å². The summed E-state index contributed by atoms with van der Waals surface area (Å²) in [5.74, 6) is 0.630. The Kier molecular flexibility index (Phi) is 4.26. The third kappa shape index (κ3) is 3.13. The maximum Gasteiger partial charge on any atom is 0.254 e. The summed E-state index contributed by atoms with van der Waals surface area (Å²) in [4.78, 5) is 25.9. The predicted molar refractivity (Wildman–Crippen MR) is 111 cm³/mol. The zero-order chi connectivity index (χ0) is 19.1. The molecule has 0 aliphatic carbocycles. The number of nitrogens with one attached hydrogen (secondary N) is 2. The Morgan fingerprint density at radius 3 is 2.86 bits per heavy atom. The quantitative estimate of drug-likeness (QED) is 0.552. The van der Waals surface area contributed by atoms with Gasteiger partial charge in [0.05, 0.1) is 5.69 Å². The van der Waals surface area contributed by atoms with Crippen molar-refractivity contribution in [2.75, 3.05) is 6.54 Å². The molecule has 140 valence electrons. The van der Waals surface area contributed by atoms with Gasteiger partial charge in [-0.25, -0.2) is 4.98 Å². The lowest BCUT2D eigenvalue weighted by Crippen LogP contribution is -2.35. The smallest absolute Gasteiger partial charge is 0.254 e. The fourth-order valence-electron chi connectivity index (χ4n) is 3.88. The highest BCUT2D eigenvalue weighted by Gasteiger charge is 2.22. The zero-order valence-electron chi connectivity index (χ0n) is 15.2. The van der Waals surface area contributed by atoms with Crippen molar-refractivity contribution in [2.24, 2.45) is 0 Å². The lowest BCUT2D eigenvalue weighted by Gasteiger charge is -2.27. The Morgan fingerprint density at radius 2 is 2.00 bits per heavy atom. The van der Waals surface area contributed by atoms with E-state index in [0.717, 1.165) is 45.8 Å². The van der Waals surface area contributed by atoms with Gasteiger partial charge in [-0.2, -0.15) is 0 Å². The second-order valence-electron chi connectivity index (χ2n) is 7.17. The molecule has 0 atom stereocenters. The molecule has 2 N–H and O–H groups in total. The number of aromatic nitrogens is 3. The van der Waals surface area contributed by atoms with Crippen molar-refractivity contribution in [1.29, 1.82) is 0 Å². The van der Waals surface area contributed by atoms with Gasteiger partial charge in [0.2, 0.25) is 0 Å². The number of halogens is 1. The van der Waals surface area contributed by atoms with Crippen LogP contribution in [-0.2, 0) is 19.5 Å². The summed E-state index contributed by atoms with van der Waals surface area (Å²) in [6, 6.07) is 15.7.